The highest BCUT2D eigenvalue weighted by Gasteiger charge is 2.11. The minimum absolute atomic E-state index is 0.0394. The molecular formula is C32H38ClN3O3. The van der Waals surface area contributed by atoms with Gasteiger partial charge in [0.1, 0.15) is 17.3 Å². The average molecular weight is 548 g/mol. The van der Waals surface area contributed by atoms with Crippen molar-refractivity contribution in [2.75, 3.05) is 19.8 Å². The van der Waals surface area contributed by atoms with Crippen LogP contribution in [0.4, 0.5) is 0 Å². The minimum Gasteiger partial charge on any atom is -0.492 e. The predicted octanol–water partition coefficient (Wildman–Crippen LogP) is 7.07. The summed E-state index contributed by atoms with van der Waals surface area (Å²) in [6.07, 6.45) is 5.81. The molecule has 1 heterocycles. The van der Waals surface area contributed by atoms with Gasteiger partial charge in [0, 0.05) is 19.5 Å². The number of hydrogen-bond donors (Lipinski definition) is 1. The van der Waals surface area contributed by atoms with Gasteiger partial charge in [-0.2, -0.15) is 0 Å². The van der Waals surface area contributed by atoms with Gasteiger partial charge in [-0.15, -0.1) is 0 Å². The normalized spacial score (nSPS) is 11.1. The second kappa shape index (κ2) is 14.6. The number of ether oxygens (including phenoxy) is 2. The van der Waals surface area contributed by atoms with E-state index in [9.17, 15) is 4.79 Å². The van der Waals surface area contributed by atoms with E-state index >= 15 is 0 Å². The number of fused-ring (bicyclic) bond motifs is 1. The molecule has 0 spiro atoms. The largest absolute Gasteiger partial charge is 0.492 e. The lowest BCUT2D eigenvalue weighted by Gasteiger charge is -2.11. The Morgan fingerprint density at radius 2 is 1.72 bits per heavy atom. The number of para-hydroxylation sites is 3. The molecule has 0 atom stereocenters. The number of carbonyl (C=O) groups is 1. The van der Waals surface area contributed by atoms with Crippen molar-refractivity contribution >= 4 is 28.5 Å². The second-order valence-corrected chi connectivity index (χ2v) is 10.3. The van der Waals surface area contributed by atoms with E-state index < -0.39 is 0 Å². The van der Waals surface area contributed by atoms with E-state index in [1.807, 2.05) is 62.4 Å². The lowest BCUT2D eigenvalue weighted by molar-refractivity contribution is -0.123. The molecule has 7 heteroatoms. The summed E-state index contributed by atoms with van der Waals surface area (Å²) in [7, 11) is 0. The molecular weight excluding hydrogens is 510 g/mol. The first-order valence-corrected chi connectivity index (χ1v) is 14.2. The molecule has 0 aliphatic rings. The number of amides is 1. The number of benzene rings is 3. The SMILES string of the molecule is Cc1ccc(C)c(OCC(=O)NCCCCCc2nc3ccccc3n2CCCCOc2ccccc2Cl)c1. The molecule has 0 aliphatic heterocycles. The Morgan fingerprint density at radius 3 is 2.59 bits per heavy atom. The van der Waals surface area contributed by atoms with Gasteiger partial charge < -0.3 is 19.4 Å². The van der Waals surface area contributed by atoms with E-state index in [1.54, 1.807) is 0 Å². The Labute approximate surface area is 236 Å². The van der Waals surface area contributed by atoms with Crippen LogP contribution < -0.4 is 14.8 Å². The molecule has 3 aromatic carbocycles. The van der Waals surface area contributed by atoms with Gasteiger partial charge in [0.2, 0.25) is 0 Å². The first-order chi connectivity index (χ1) is 19.0. The number of unbranched alkanes of at least 4 members (excludes halogenated alkanes) is 3. The van der Waals surface area contributed by atoms with Crippen molar-refractivity contribution in [3.8, 4) is 11.5 Å². The van der Waals surface area contributed by atoms with Crippen molar-refractivity contribution in [3.63, 3.8) is 0 Å². The van der Waals surface area contributed by atoms with Crippen LogP contribution in [0.3, 0.4) is 0 Å². The number of carbonyl (C=O) groups excluding carboxylic acids is 1. The zero-order valence-corrected chi connectivity index (χ0v) is 23.7. The maximum absolute atomic E-state index is 12.2. The number of halogens is 1. The fourth-order valence-corrected chi connectivity index (χ4v) is 4.74. The highest BCUT2D eigenvalue weighted by molar-refractivity contribution is 6.32. The van der Waals surface area contributed by atoms with Crippen LogP contribution in [0.5, 0.6) is 11.5 Å². The Hall–Kier alpha value is -3.51. The molecule has 6 nitrogen and oxygen atoms in total. The van der Waals surface area contributed by atoms with E-state index in [4.69, 9.17) is 26.1 Å². The van der Waals surface area contributed by atoms with Gasteiger partial charge in [-0.05, 0) is 81.0 Å². The molecule has 39 heavy (non-hydrogen) atoms. The molecule has 206 valence electrons. The zero-order chi connectivity index (χ0) is 27.5. The number of hydrogen-bond acceptors (Lipinski definition) is 4. The maximum atomic E-state index is 12.2. The van der Waals surface area contributed by atoms with Gasteiger partial charge >= 0.3 is 0 Å². The third-order valence-corrected chi connectivity index (χ3v) is 7.02. The zero-order valence-electron chi connectivity index (χ0n) is 22.9. The van der Waals surface area contributed by atoms with E-state index in [2.05, 4.69) is 28.1 Å². The van der Waals surface area contributed by atoms with Crippen LogP contribution in [0.1, 0.15) is 49.1 Å². The lowest BCUT2D eigenvalue weighted by atomic mass is 10.1. The Bertz CT molecular complexity index is 1370. The van der Waals surface area contributed by atoms with Crippen LogP contribution in [0, 0.1) is 13.8 Å². The van der Waals surface area contributed by atoms with Crippen molar-refractivity contribution in [3.05, 3.63) is 88.7 Å². The van der Waals surface area contributed by atoms with Crippen molar-refractivity contribution < 1.29 is 14.3 Å². The monoisotopic (exact) mass is 547 g/mol. The predicted molar refractivity (Wildman–Crippen MR) is 158 cm³/mol. The third kappa shape index (κ3) is 8.49. The van der Waals surface area contributed by atoms with Crippen molar-refractivity contribution in [1.29, 1.82) is 0 Å². The number of aromatic nitrogens is 2. The van der Waals surface area contributed by atoms with E-state index in [0.717, 1.165) is 79.0 Å². The fraction of sp³-hybridized carbons (Fsp3) is 0.375. The van der Waals surface area contributed by atoms with Gasteiger partial charge in [0.15, 0.2) is 6.61 Å². The van der Waals surface area contributed by atoms with Crippen LogP contribution in [0.2, 0.25) is 5.02 Å². The lowest BCUT2D eigenvalue weighted by Crippen LogP contribution is -2.29. The molecule has 4 aromatic rings. The molecule has 4 rings (SSSR count). The molecule has 1 aromatic heterocycles. The summed E-state index contributed by atoms with van der Waals surface area (Å²) in [5, 5.41) is 3.61. The van der Waals surface area contributed by atoms with Crippen LogP contribution >= 0.6 is 11.6 Å². The molecule has 0 saturated heterocycles. The van der Waals surface area contributed by atoms with Crippen LogP contribution in [-0.4, -0.2) is 35.2 Å². The molecule has 1 N–H and O–H groups in total. The van der Waals surface area contributed by atoms with Crippen LogP contribution in [0.25, 0.3) is 11.0 Å². The van der Waals surface area contributed by atoms with Gasteiger partial charge in [0.25, 0.3) is 5.91 Å². The molecule has 0 bridgehead atoms. The fourth-order valence-electron chi connectivity index (χ4n) is 4.55. The molecule has 0 aliphatic carbocycles. The summed E-state index contributed by atoms with van der Waals surface area (Å²) in [5.41, 5.74) is 4.36. The molecule has 1 amide bonds. The second-order valence-electron chi connectivity index (χ2n) is 9.87. The summed E-state index contributed by atoms with van der Waals surface area (Å²) >= 11 is 6.18. The summed E-state index contributed by atoms with van der Waals surface area (Å²) in [4.78, 5) is 17.1. The minimum atomic E-state index is -0.0868. The van der Waals surface area contributed by atoms with Crippen molar-refractivity contribution in [1.82, 2.24) is 14.9 Å². The Kier molecular flexibility index (Phi) is 10.7. The Morgan fingerprint density at radius 1 is 0.897 bits per heavy atom. The summed E-state index contributed by atoms with van der Waals surface area (Å²) in [5.74, 6) is 2.53. The van der Waals surface area contributed by atoms with Gasteiger partial charge in [-0.25, -0.2) is 4.98 Å². The smallest absolute Gasteiger partial charge is 0.257 e. The standard InChI is InChI=1S/C32H38ClN3O3/c1-24-17-18-25(2)30(22-24)39-23-32(37)34-19-9-3-4-16-31-35-27-13-6-7-14-28(27)36(31)20-10-11-21-38-29-15-8-5-12-26(29)33/h5-8,12-15,17-18,22H,3-4,9-11,16,19-21,23H2,1-2H3,(H,34,37). The average Bonchev–Trinajstić information content (AvgIpc) is 3.29. The highest BCUT2D eigenvalue weighted by Crippen LogP contribution is 2.24. The first kappa shape index (κ1) is 28.5. The molecule has 0 unspecified atom stereocenters. The van der Waals surface area contributed by atoms with Crippen molar-refractivity contribution in [2.45, 2.75) is 58.9 Å². The highest BCUT2D eigenvalue weighted by atomic mass is 35.5. The van der Waals surface area contributed by atoms with E-state index in [1.165, 1.54) is 5.52 Å². The van der Waals surface area contributed by atoms with Gasteiger partial charge in [-0.1, -0.05) is 54.4 Å². The van der Waals surface area contributed by atoms with E-state index in [-0.39, 0.29) is 12.5 Å². The molecule has 0 saturated carbocycles. The number of rotatable bonds is 15. The van der Waals surface area contributed by atoms with Crippen LogP contribution in [0.15, 0.2) is 66.7 Å². The first-order valence-electron chi connectivity index (χ1n) is 13.8. The molecule has 0 radical (unpaired) electrons. The van der Waals surface area contributed by atoms with E-state index in [0.29, 0.717) is 18.2 Å². The Balaban J connectivity index is 1.17. The summed E-state index contributed by atoms with van der Waals surface area (Å²) < 4.78 is 13.9. The molecule has 0 fully saturated rings. The number of aryl methyl sites for hydroxylation is 4. The third-order valence-electron chi connectivity index (χ3n) is 6.71. The topological polar surface area (TPSA) is 65.4 Å². The number of imidazole rings is 1. The summed E-state index contributed by atoms with van der Waals surface area (Å²) in [6.45, 7) is 6.22. The summed E-state index contributed by atoms with van der Waals surface area (Å²) in [6, 6.07) is 21.9. The van der Waals surface area contributed by atoms with Gasteiger partial charge in [0.05, 0.1) is 22.7 Å². The maximum Gasteiger partial charge on any atom is 0.257 e. The van der Waals surface area contributed by atoms with Crippen molar-refractivity contribution in [2.24, 2.45) is 0 Å². The van der Waals surface area contributed by atoms with Gasteiger partial charge in [-0.3, -0.25) is 4.79 Å². The van der Waals surface area contributed by atoms with Crippen LogP contribution in [-0.2, 0) is 17.8 Å². The number of nitrogens with zero attached hydrogens (tertiary/aromatic N) is 2. The number of nitrogens with one attached hydrogen (secondary N) is 1. The quantitative estimate of drug-likeness (QED) is 0.162.